The van der Waals surface area contributed by atoms with Gasteiger partial charge in [0.05, 0.1) is 0 Å². The second-order valence-corrected chi connectivity index (χ2v) is 7.00. The van der Waals surface area contributed by atoms with Crippen LogP contribution in [0.3, 0.4) is 0 Å². The van der Waals surface area contributed by atoms with Crippen molar-refractivity contribution in [2.24, 2.45) is 0 Å². The highest BCUT2D eigenvalue weighted by atomic mass is 19.2. The fourth-order valence-corrected chi connectivity index (χ4v) is 3.66. The average molecular weight is 412 g/mol. The van der Waals surface area contributed by atoms with Crippen molar-refractivity contribution in [3.05, 3.63) is 65.7 Å². The molecule has 2 aromatic rings. The molecule has 30 heavy (non-hydrogen) atoms. The first-order chi connectivity index (χ1) is 14.5. The van der Waals surface area contributed by atoms with E-state index in [2.05, 4.69) is 0 Å². The molecule has 1 amide bonds. The van der Waals surface area contributed by atoms with Gasteiger partial charge in [-0.2, -0.15) is 5.26 Å². The Kier molecular flexibility index (Phi) is 6.62. The summed E-state index contributed by atoms with van der Waals surface area (Å²) in [4.78, 5) is 15.5. The van der Waals surface area contributed by atoms with Crippen LogP contribution in [0.1, 0.15) is 31.2 Å². The van der Waals surface area contributed by atoms with Crippen LogP contribution in [0.25, 0.3) is 0 Å². The number of ether oxygens (including phenoxy) is 1. The van der Waals surface area contributed by atoms with E-state index in [9.17, 15) is 18.8 Å². The number of likely N-dealkylation sites (tertiary alicyclic amines) is 1. The molecule has 0 spiro atoms. The van der Waals surface area contributed by atoms with Gasteiger partial charge in [-0.3, -0.25) is 10.2 Å². The Morgan fingerprint density at radius 2 is 1.97 bits per heavy atom. The molecule has 156 valence electrons. The standard InChI is InChI=1S/C22H22F2N4O2/c1-2-27-13-15(17-9-6-10-18(23)20(17)24)11-12-19(21(27)29)28(14-25)22(26)30-16-7-4-3-5-8-16/h3-10,15,19,26H,2,11-13H2,1H3/t15-,19-/m1/s1. The number of hydrogen-bond donors (Lipinski definition) is 1. The fourth-order valence-electron chi connectivity index (χ4n) is 3.66. The molecule has 8 heteroatoms. The second-order valence-electron chi connectivity index (χ2n) is 7.00. The zero-order valence-electron chi connectivity index (χ0n) is 16.5. The number of nitrogens with one attached hydrogen (secondary N) is 1. The summed E-state index contributed by atoms with van der Waals surface area (Å²) in [6, 6.07) is 11.1. The highest BCUT2D eigenvalue weighted by Gasteiger charge is 2.37. The van der Waals surface area contributed by atoms with Crippen LogP contribution >= 0.6 is 0 Å². The lowest BCUT2D eigenvalue weighted by molar-refractivity contribution is -0.134. The van der Waals surface area contributed by atoms with E-state index in [0.717, 1.165) is 11.0 Å². The van der Waals surface area contributed by atoms with Gasteiger partial charge in [-0.1, -0.05) is 30.3 Å². The molecular formula is C22H22F2N4O2. The van der Waals surface area contributed by atoms with E-state index in [4.69, 9.17) is 10.1 Å². The lowest BCUT2D eigenvalue weighted by Gasteiger charge is -2.28. The van der Waals surface area contributed by atoms with Crippen molar-refractivity contribution in [1.82, 2.24) is 9.80 Å². The zero-order chi connectivity index (χ0) is 21.7. The van der Waals surface area contributed by atoms with E-state index in [1.54, 1.807) is 37.3 Å². The second kappa shape index (κ2) is 9.35. The zero-order valence-corrected chi connectivity index (χ0v) is 16.5. The van der Waals surface area contributed by atoms with E-state index >= 15 is 0 Å². The molecule has 0 unspecified atom stereocenters. The number of nitrogens with zero attached hydrogens (tertiary/aromatic N) is 3. The van der Waals surface area contributed by atoms with Gasteiger partial charge in [0.15, 0.2) is 17.8 Å². The van der Waals surface area contributed by atoms with Gasteiger partial charge in [0, 0.05) is 19.0 Å². The minimum Gasteiger partial charge on any atom is -0.425 e. The number of amides is 1. The minimum atomic E-state index is -0.951. The Balaban J connectivity index is 1.84. The normalized spacial score (nSPS) is 19.0. The Morgan fingerprint density at radius 1 is 1.23 bits per heavy atom. The molecule has 1 aliphatic rings. The van der Waals surface area contributed by atoms with Gasteiger partial charge in [-0.05, 0) is 43.5 Å². The number of carbonyl (C=O) groups excluding carboxylic acids is 1. The smallest absolute Gasteiger partial charge is 0.304 e. The molecule has 0 radical (unpaired) electrons. The maximum atomic E-state index is 14.3. The van der Waals surface area contributed by atoms with Gasteiger partial charge >= 0.3 is 6.02 Å². The summed E-state index contributed by atoms with van der Waals surface area (Å²) in [5.74, 6) is -2.24. The average Bonchev–Trinajstić information content (AvgIpc) is 2.91. The topological polar surface area (TPSA) is 80.4 Å². The Bertz CT molecular complexity index is 961. The number of halogens is 2. The van der Waals surface area contributed by atoms with Gasteiger partial charge in [-0.15, -0.1) is 0 Å². The van der Waals surface area contributed by atoms with E-state index < -0.39 is 29.6 Å². The SMILES string of the molecule is CCN1C[C@H](c2cccc(F)c2F)CC[C@@H](N(C#N)C(=N)Oc2ccccc2)C1=O. The van der Waals surface area contributed by atoms with Crippen LogP contribution in [0.15, 0.2) is 48.5 Å². The lowest BCUT2D eigenvalue weighted by atomic mass is 9.93. The largest absolute Gasteiger partial charge is 0.425 e. The van der Waals surface area contributed by atoms with Gasteiger partial charge in [0.25, 0.3) is 0 Å². The summed E-state index contributed by atoms with van der Waals surface area (Å²) < 4.78 is 33.5. The highest BCUT2D eigenvalue weighted by Crippen LogP contribution is 2.31. The van der Waals surface area contributed by atoms with Crippen LogP contribution in [0.4, 0.5) is 8.78 Å². The third kappa shape index (κ3) is 4.40. The van der Waals surface area contributed by atoms with Crippen molar-refractivity contribution >= 4 is 11.9 Å². The molecule has 2 atom stereocenters. The molecule has 3 rings (SSSR count). The lowest BCUT2D eigenvalue weighted by Crippen LogP contribution is -2.49. The predicted octanol–water partition coefficient (Wildman–Crippen LogP) is 3.86. The molecule has 0 bridgehead atoms. The monoisotopic (exact) mass is 412 g/mol. The first-order valence-corrected chi connectivity index (χ1v) is 9.69. The highest BCUT2D eigenvalue weighted by molar-refractivity contribution is 5.88. The van der Waals surface area contributed by atoms with Crippen LogP contribution < -0.4 is 4.74 Å². The maximum Gasteiger partial charge on any atom is 0.304 e. The van der Waals surface area contributed by atoms with Crippen molar-refractivity contribution < 1.29 is 18.3 Å². The first-order valence-electron chi connectivity index (χ1n) is 9.69. The fraction of sp³-hybridized carbons (Fsp3) is 0.318. The van der Waals surface area contributed by atoms with Crippen molar-refractivity contribution in [2.45, 2.75) is 31.7 Å². The summed E-state index contributed by atoms with van der Waals surface area (Å²) in [5.41, 5.74) is 0.209. The summed E-state index contributed by atoms with van der Waals surface area (Å²) >= 11 is 0. The van der Waals surface area contributed by atoms with Gasteiger partial charge < -0.3 is 9.64 Å². The Labute approximate surface area is 173 Å². The van der Waals surface area contributed by atoms with E-state index in [0.29, 0.717) is 18.7 Å². The minimum absolute atomic E-state index is 0.198. The Hall–Kier alpha value is -3.47. The Morgan fingerprint density at radius 3 is 2.63 bits per heavy atom. The molecule has 1 aliphatic heterocycles. The van der Waals surface area contributed by atoms with Crippen LogP contribution in [0, 0.1) is 28.5 Å². The third-order valence-electron chi connectivity index (χ3n) is 5.23. The number of rotatable bonds is 4. The van der Waals surface area contributed by atoms with Gasteiger partial charge in [0.1, 0.15) is 11.8 Å². The number of carbonyl (C=O) groups is 1. The number of likely N-dealkylation sites (N-methyl/N-ethyl adjacent to an activating group) is 1. The number of amidine groups is 1. The number of hydrogen-bond acceptors (Lipinski definition) is 4. The molecule has 1 saturated heterocycles. The van der Waals surface area contributed by atoms with Crippen molar-refractivity contribution in [1.29, 1.82) is 10.7 Å². The molecule has 0 saturated carbocycles. The summed E-state index contributed by atoms with van der Waals surface area (Å²) in [6.07, 6.45) is 2.42. The third-order valence-corrected chi connectivity index (χ3v) is 5.23. The maximum absolute atomic E-state index is 14.3. The molecule has 1 N–H and O–H groups in total. The van der Waals surface area contributed by atoms with Crippen molar-refractivity contribution in [2.75, 3.05) is 13.1 Å². The van der Waals surface area contributed by atoms with E-state index in [1.807, 2.05) is 6.19 Å². The van der Waals surface area contributed by atoms with E-state index in [1.165, 1.54) is 17.0 Å². The molecule has 0 aliphatic carbocycles. The van der Waals surface area contributed by atoms with Crippen molar-refractivity contribution in [3.8, 4) is 11.9 Å². The molecule has 2 aromatic carbocycles. The van der Waals surface area contributed by atoms with Crippen molar-refractivity contribution in [3.63, 3.8) is 0 Å². The summed E-state index contributed by atoms with van der Waals surface area (Å²) in [7, 11) is 0. The number of nitriles is 1. The van der Waals surface area contributed by atoms with Crippen LogP contribution in [-0.2, 0) is 4.79 Å². The molecule has 6 nitrogen and oxygen atoms in total. The predicted molar refractivity (Wildman–Crippen MR) is 107 cm³/mol. The number of para-hydroxylation sites is 1. The van der Waals surface area contributed by atoms with Gasteiger partial charge in [-0.25, -0.2) is 13.7 Å². The van der Waals surface area contributed by atoms with E-state index in [-0.39, 0.29) is 24.4 Å². The molecule has 1 heterocycles. The van der Waals surface area contributed by atoms with Crippen LogP contribution in [0.2, 0.25) is 0 Å². The summed E-state index contributed by atoms with van der Waals surface area (Å²) in [6.45, 7) is 2.33. The van der Waals surface area contributed by atoms with Gasteiger partial charge in [0.2, 0.25) is 5.91 Å². The summed E-state index contributed by atoms with van der Waals surface area (Å²) in [5, 5.41) is 17.8. The molecule has 1 fully saturated rings. The quantitative estimate of drug-likeness (QED) is 0.358. The molecular weight excluding hydrogens is 390 g/mol. The first kappa shape index (κ1) is 21.2. The number of benzene rings is 2. The molecule has 0 aromatic heterocycles. The van der Waals surface area contributed by atoms with Crippen LogP contribution in [0.5, 0.6) is 5.75 Å². The van der Waals surface area contributed by atoms with Crippen LogP contribution in [-0.4, -0.2) is 40.9 Å².